The Kier molecular flexibility index (Phi) is 35.7. The van der Waals surface area contributed by atoms with Crippen molar-refractivity contribution < 1.29 is 29.3 Å². The molecule has 388 valence electrons. The predicted molar refractivity (Wildman–Crippen MR) is 282 cm³/mol. The van der Waals surface area contributed by atoms with E-state index in [1.54, 1.807) is 0 Å². The van der Waals surface area contributed by atoms with Gasteiger partial charge in [-0.1, -0.05) is 229 Å². The van der Waals surface area contributed by atoms with E-state index in [1.807, 2.05) is 60.7 Å². The molecule has 2 amide bonds. The Morgan fingerprint density at radius 2 is 0.706 bits per heavy atom. The SMILES string of the molecule is CCCCCCCCCCCCCCCC(=O)N[C@@H](CN1CCOCC1)[C@@H](O)c1ccccc1.CCCCCCCCCCCCCCCC(=O)N[C@@H](CN1CCOCC1)[C@H](O)c1ccccc1. The van der Waals surface area contributed by atoms with Crippen LogP contribution in [0.15, 0.2) is 60.7 Å². The van der Waals surface area contributed by atoms with Gasteiger partial charge in [-0.3, -0.25) is 19.4 Å². The lowest BCUT2D eigenvalue weighted by molar-refractivity contribution is -0.124. The van der Waals surface area contributed by atoms with Crippen LogP contribution >= 0.6 is 0 Å². The maximum absolute atomic E-state index is 12.7. The Morgan fingerprint density at radius 3 is 0.985 bits per heavy atom. The van der Waals surface area contributed by atoms with Crippen LogP contribution in [0.3, 0.4) is 0 Å². The second-order valence-corrected chi connectivity index (χ2v) is 19.9. The predicted octanol–water partition coefficient (Wildman–Crippen LogP) is 12.0. The summed E-state index contributed by atoms with van der Waals surface area (Å²) >= 11 is 0. The average molecular weight is 949 g/mol. The zero-order valence-corrected chi connectivity index (χ0v) is 43.4. The lowest BCUT2D eigenvalue weighted by atomic mass is 10.0. The molecule has 10 nitrogen and oxygen atoms in total. The van der Waals surface area contributed by atoms with Gasteiger partial charge in [0.25, 0.3) is 0 Å². The van der Waals surface area contributed by atoms with Gasteiger partial charge in [-0.15, -0.1) is 0 Å². The first-order chi connectivity index (χ1) is 33.4. The minimum atomic E-state index is -0.709. The van der Waals surface area contributed by atoms with E-state index in [2.05, 4.69) is 34.3 Å². The van der Waals surface area contributed by atoms with Gasteiger partial charge in [0.2, 0.25) is 11.8 Å². The van der Waals surface area contributed by atoms with Gasteiger partial charge in [0.1, 0.15) is 12.2 Å². The molecule has 2 heterocycles. The fourth-order valence-corrected chi connectivity index (χ4v) is 9.50. The summed E-state index contributed by atoms with van der Waals surface area (Å²) in [5, 5.41) is 28.2. The van der Waals surface area contributed by atoms with E-state index in [0.29, 0.717) is 52.4 Å². The van der Waals surface area contributed by atoms with Gasteiger partial charge >= 0.3 is 0 Å². The fourth-order valence-electron chi connectivity index (χ4n) is 9.50. The van der Waals surface area contributed by atoms with Crippen LogP contribution in [0.1, 0.15) is 217 Å². The van der Waals surface area contributed by atoms with E-state index in [0.717, 1.165) is 63.0 Å². The van der Waals surface area contributed by atoms with Gasteiger partial charge in [-0.2, -0.15) is 0 Å². The first-order valence-corrected chi connectivity index (χ1v) is 28.1. The number of nitrogens with one attached hydrogen (secondary N) is 2. The van der Waals surface area contributed by atoms with Crippen molar-refractivity contribution in [2.24, 2.45) is 0 Å². The van der Waals surface area contributed by atoms with E-state index < -0.39 is 12.2 Å². The Morgan fingerprint density at radius 1 is 0.441 bits per heavy atom. The molecule has 2 aromatic carbocycles. The summed E-state index contributed by atoms with van der Waals surface area (Å²) in [4.78, 5) is 29.9. The van der Waals surface area contributed by atoms with Crippen molar-refractivity contribution in [3.05, 3.63) is 71.8 Å². The molecule has 4 atom stereocenters. The summed E-state index contributed by atoms with van der Waals surface area (Å²) in [7, 11) is 0. The van der Waals surface area contributed by atoms with Crippen molar-refractivity contribution >= 4 is 11.8 Å². The topological polar surface area (TPSA) is 124 Å². The van der Waals surface area contributed by atoms with E-state index >= 15 is 0 Å². The lowest BCUT2D eigenvalue weighted by Crippen LogP contribution is -2.49. The smallest absolute Gasteiger partial charge is 0.220 e. The molecular weight excluding hydrogens is 849 g/mol. The molecule has 0 radical (unpaired) electrons. The van der Waals surface area contributed by atoms with Crippen LogP contribution in [-0.4, -0.2) is 110 Å². The average Bonchev–Trinajstić information content (AvgIpc) is 3.37. The number of unbranched alkanes of at least 4 members (excludes halogenated alkanes) is 24. The summed E-state index contributed by atoms with van der Waals surface area (Å²) in [6, 6.07) is 18.7. The highest BCUT2D eigenvalue weighted by molar-refractivity contribution is 5.76. The highest BCUT2D eigenvalue weighted by atomic mass is 16.5. The fraction of sp³-hybridized carbons (Fsp3) is 0.759. The number of carbonyl (C=O) groups is 2. The Bertz CT molecular complexity index is 1350. The minimum absolute atomic E-state index is 0.0521. The molecular formula is C58H100N4O6. The van der Waals surface area contributed by atoms with Crippen LogP contribution in [0, 0.1) is 0 Å². The third-order valence-corrected chi connectivity index (χ3v) is 13.9. The number of morpholine rings is 2. The molecule has 0 aliphatic carbocycles. The summed E-state index contributed by atoms with van der Waals surface area (Å²) < 4.78 is 10.9. The molecule has 2 aromatic rings. The molecule has 68 heavy (non-hydrogen) atoms. The molecule has 0 unspecified atom stereocenters. The van der Waals surface area contributed by atoms with Crippen molar-refractivity contribution in [2.75, 3.05) is 65.7 Å². The molecule has 4 N–H and O–H groups in total. The van der Waals surface area contributed by atoms with Crippen LogP contribution in [0.2, 0.25) is 0 Å². The second-order valence-electron chi connectivity index (χ2n) is 19.9. The van der Waals surface area contributed by atoms with Crippen LogP contribution in [0.25, 0.3) is 0 Å². The molecule has 0 spiro atoms. The number of hydrogen-bond acceptors (Lipinski definition) is 8. The monoisotopic (exact) mass is 949 g/mol. The van der Waals surface area contributed by atoms with E-state index in [1.165, 1.54) is 141 Å². The van der Waals surface area contributed by atoms with Crippen molar-refractivity contribution in [3.63, 3.8) is 0 Å². The zero-order valence-electron chi connectivity index (χ0n) is 43.4. The number of benzene rings is 2. The van der Waals surface area contributed by atoms with Crippen LogP contribution in [-0.2, 0) is 19.1 Å². The molecule has 0 saturated carbocycles. The maximum atomic E-state index is 12.7. The Balaban J connectivity index is 0.000000360. The molecule has 2 aliphatic rings. The van der Waals surface area contributed by atoms with Gasteiger partial charge in [0.15, 0.2) is 0 Å². The first-order valence-electron chi connectivity index (χ1n) is 28.1. The third kappa shape index (κ3) is 29.4. The number of hydrogen-bond donors (Lipinski definition) is 4. The first kappa shape index (κ1) is 59.4. The Hall–Kier alpha value is -2.86. The van der Waals surface area contributed by atoms with Crippen molar-refractivity contribution in [2.45, 2.75) is 218 Å². The molecule has 10 heteroatoms. The standard InChI is InChI=1S/2C29H50N2O3/c2*1-2-3-4-5-6-7-8-9-10-11-12-13-17-20-28(32)30-27(25-31-21-23-34-24-22-31)29(33)26-18-15-14-16-19-26/h2*14-16,18-19,27,29,33H,2-13,17,20-25H2,1H3,(H,30,32)/t27-,29+;27-,29-/m00/s1. The zero-order chi connectivity index (χ0) is 48.5. The highest BCUT2D eigenvalue weighted by Crippen LogP contribution is 2.21. The molecule has 2 fully saturated rings. The summed E-state index contributed by atoms with van der Waals surface area (Å²) in [6.45, 7) is 12.0. The summed E-state index contributed by atoms with van der Waals surface area (Å²) in [6.07, 6.45) is 33.5. The molecule has 2 saturated heterocycles. The third-order valence-electron chi connectivity index (χ3n) is 13.9. The Labute approximate surface area is 415 Å². The number of rotatable bonds is 38. The number of aliphatic hydroxyl groups is 2. The quantitative estimate of drug-likeness (QED) is 0.0491. The lowest BCUT2D eigenvalue weighted by Gasteiger charge is -2.33. The number of carbonyl (C=O) groups excluding carboxylic acids is 2. The number of amides is 2. The van der Waals surface area contributed by atoms with Crippen molar-refractivity contribution in [1.82, 2.24) is 20.4 Å². The van der Waals surface area contributed by atoms with Gasteiger partial charge in [-0.05, 0) is 24.0 Å². The van der Waals surface area contributed by atoms with Gasteiger partial charge in [-0.25, -0.2) is 0 Å². The number of nitrogens with zero attached hydrogens (tertiary/aromatic N) is 2. The van der Waals surface area contributed by atoms with E-state index in [9.17, 15) is 19.8 Å². The molecule has 0 bridgehead atoms. The number of ether oxygens (including phenoxy) is 2. The molecule has 2 aliphatic heterocycles. The summed E-state index contributed by atoms with van der Waals surface area (Å²) in [5.74, 6) is 0.104. The largest absolute Gasteiger partial charge is 0.386 e. The second kappa shape index (κ2) is 40.8. The van der Waals surface area contributed by atoms with Crippen molar-refractivity contribution in [3.8, 4) is 0 Å². The normalized spacial score (nSPS) is 16.3. The van der Waals surface area contributed by atoms with Crippen LogP contribution in [0.5, 0.6) is 0 Å². The number of aliphatic hydroxyl groups excluding tert-OH is 2. The van der Waals surface area contributed by atoms with Gasteiger partial charge in [0, 0.05) is 52.1 Å². The van der Waals surface area contributed by atoms with Gasteiger partial charge in [0.05, 0.1) is 38.5 Å². The maximum Gasteiger partial charge on any atom is 0.220 e. The van der Waals surface area contributed by atoms with Gasteiger partial charge < -0.3 is 30.3 Å². The minimum Gasteiger partial charge on any atom is -0.386 e. The van der Waals surface area contributed by atoms with E-state index in [-0.39, 0.29) is 23.9 Å². The summed E-state index contributed by atoms with van der Waals surface area (Å²) in [5.41, 5.74) is 1.70. The van der Waals surface area contributed by atoms with Crippen LogP contribution < -0.4 is 10.6 Å². The van der Waals surface area contributed by atoms with Crippen LogP contribution in [0.4, 0.5) is 0 Å². The molecule has 4 rings (SSSR count). The van der Waals surface area contributed by atoms with Crippen molar-refractivity contribution in [1.29, 1.82) is 0 Å². The van der Waals surface area contributed by atoms with E-state index in [4.69, 9.17) is 9.47 Å². The highest BCUT2D eigenvalue weighted by Gasteiger charge is 2.27. The molecule has 0 aromatic heterocycles.